The van der Waals surface area contributed by atoms with Gasteiger partial charge in [0.15, 0.2) is 0 Å². The molecular weight excluding hydrogens is 253 g/mol. The normalized spacial score (nSPS) is 9.95. The van der Waals surface area contributed by atoms with Crippen LogP contribution in [-0.4, -0.2) is 27.2 Å². The molecular formula is C12H8FN3O3. The molecule has 19 heavy (non-hydrogen) atoms. The zero-order valence-corrected chi connectivity index (χ0v) is 9.50. The Morgan fingerprint density at radius 1 is 1.21 bits per heavy atom. The Morgan fingerprint density at radius 3 is 2.63 bits per heavy atom. The molecule has 0 fully saturated rings. The molecule has 1 heterocycles. The van der Waals surface area contributed by atoms with Crippen LogP contribution in [0.25, 0.3) is 0 Å². The maximum absolute atomic E-state index is 13.2. The molecule has 0 atom stereocenters. The van der Waals surface area contributed by atoms with E-state index in [1.165, 1.54) is 24.5 Å². The van der Waals surface area contributed by atoms with Gasteiger partial charge in [-0.15, -0.1) is 0 Å². The quantitative estimate of drug-likeness (QED) is 0.874. The Morgan fingerprint density at radius 2 is 2.00 bits per heavy atom. The van der Waals surface area contributed by atoms with Crippen molar-refractivity contribution in [2.24, 2.45) is 0 Å². The van der Waals surface area contributed by atoms with Crippen molar-refractivity contribution in [1.82, 2.24) is 10.2 Å². The molecule has 7 heteroatoms. The molecule has 0 saturated heterocycles. The standard InChI is InChI=1S/C12H8FN3O3/c13-10-2-1-8(5-9(10)12(18)19)16-11(17)7-3-4-14-15-6-7/h1-6H,(H,16,17)(H,18,19). The molecule has 0 aliphatic rings. The number of hydrogen-bond donors (Lipinski definition) is 2. The lowest BCUT2D eigenvalue weighted by atomic mass is 10.2. The zero-order chi connectivity index (χ0) is 13.8. The van der Waals surface area contributed by atoms with Crippen molar-refractivity contribution < 1.29 is 19.1 Å². The lowest BCUT2D eigenvalue weighted by molar-refractivity contribution is 0.0691. The van der Waals surface area contributed by atoms with Crippen LogP contribution in [0.15, 0.2) is 36.7 Å². The molecule has 1 amide bonds. The third-order valence-corrected chi connectivity index (χ3v) is 2.30. The fraction of sp³-hybridized carbons (Fsp3) is 0. The first-order valence-corrected chi connectivity index (χ1v) is 5.19. The number of anilines is 1. The summed E-state index contributed by atoms with van der Waals surface area (Å²) < 4.78 is 13.2. The average molecular weight is 261 g/mol. The van der Waals surface area contributed by atoms with E-state index >= 15 is 0 Å². The minimum absolute atomic E-state index is 0.181. The van der Waals surface area contributed by atoms with Crippen LogP contribution < -0.4 is 5.32 Å². The lowest BCUT2D eigenvalue weighted by Gasteiger charge is -2.06. The Labute approximate surface area is 106 Å². The number of rotatable bonds is 3. The van der Waals surface area contributed by atoms with Gasteiger partial charge in [-0.25, -0.2) is 9.18 Å². The van der Waals surface area contributed by atoms with Gasteiger partial charge in [-0.05, 0) is 24.3 Å². The molecule has 2 N–H and O–H groups in total. The van der Waals surface area contributed by atoms with E-state index in [4.69, 9.17) is 5.11 Å². The summed E-state index contributed by atoms with van der Waals surface area (Å²) in [6.45, 7) is 0. The van der Waals surface area contributed by atoms with Crippen molar-refractivity contribution in [2.45, 2.75) is 0 Å². The first-order chi connectivity index (χ1) is 9.08. The second-order valence-electron chi connectivity index (χ2n) is 3.59. The van der Waals surface area contributed by atoms with E-state index in [-0.39, 0.29) is 11.3 Å². The molecule has 1 aromatic carbocycles. The van der Waals surface area contributed by atoms with Crippen LogP contribution in [-0.2, 0) is 0 Å². The number of amides is 1. The zero-order valence-electron chi connectivity index (χ0n) is 9.50. The molecule has 0 aliphatic heterocycles. The number of nitrogens with zero attached hydrogens (tertiary/aromatic N) is 2. The first kappa shape index (κ1) is 12.6. The monoisotopic (exact) mass is 261 g/mol. The predicted molar refractivity (Wildman–Crippen MR) is 63.3 cm³/mol. The highest BCUT2D eigenvalue weighted by molar-refractivity contribution is 6.04. The van der Waals surface area contributed by atoms with Gasteiger partial charge in [0.2, 0.25) is 0 Å². The van der Waals surface area contributed by atoms with Gasteiger partial charge in [0.1, 0.15) is 5.82 Å². The van der Waals surface area contributed by atoms with Crippen LogP contribution in [0.1, 0.15) is 20.7 Å². The van der Waals surface area contributed by atoms with Crippen molar-refractivity contribution in [2.75, 3.05) is 5.32 Å². The van der Waals surface area contributed by atoms with E-state index in [0.717, 1.165) is 12.1 Å². The molecule has 0 unspecified atom stereocenters. The van der Waals surface area contributed by atoms with Crippen LogP contribution in [0.2, 0.25) is 0 Å². The number of aromatic carboxylic acids is 1. The van der Waals surface area contributed by atoms with Gasteiger partial charge in [-0.3, -0.25) is 4.79 Å². The average Bonchev–Trinajstić information content (AvgIpc) is 2.41. The summed E-state index contributed by atoms with van der Waals surface area (Å²) in [6, 6.07) is 4.74. The predicted octanol–water partition coefficient (Wildman–Crippen LogP) is 1.57. The molecule has 0 aliphatic carbocycles. The fourth-order valence-electron chi connectivity index (χ4n) is 1.40. The van der Waals surface area contributed by atoms with E-state index in [2.05, 4.69) is 15.5 Å². The summed E-state index contributed by atoms with van der Waals surface area (Å²) >= 11 is 0. The van der Waals surface area contributed by atoms with Crippen LogP contribution in [0, 0.1) is 5.82 Å². The maximum Gasteiger partial charge on any atom is 0.338 e. The van der Waals surface area contributed by atoms with Gasteiger partial charge in [-0.1, -0.05) is 0 Å². The van der Waals surface area contributed by atoms with Gasteiger partial charge >= 0.3 is 5.97 Å². The lowest BCUT2D eigenvalue weighted by Crippen LogP contribution is -2.13. The molecule has 0 spiro atoms. The van der Waals surface area contributed by atoms with Crippen LogP contribution in [0.4, 0.5) is 10.1 Å². The topological polar surface area (TPSA) is 92.2 Å². The number of carboxylic acids is 1. The molecule has 6 nitrogen and oxygen atoms in total. The van der Waals surface area contributed by atoms with Crippen LogP contribution in [0.3, 0.4) is 0 Å². The summed E-state index contributed by atoms with van der Waals surface area (Å²) in [4.78, 5) is 22.5. The minimum atomic E-state index is -1.40. The second-order valence-corrected chi connectivity index (χ2v) is 3.59. The molecule has 0 bridgehead atoms. The Bertz CT molecular complexity index is 631. The first-order valence-electron chi connectivity index (χ1n) is 5.19. The number of hydrogen-bond acceptors (Lipinski definition) is 4. The summed E-state index contributed by atoms with van der Waals surface area (Å²) in [7, 11) is 0. The number of carbonyl (C=O) groups is 2. The minimum Gasteiger partial charge on any atom is -0.478 e. The van der Waals surface area contributed by atoms with Crippen molar-refractivity contribution in [1.29, 1.82) is 0 Å². The summed E-state index contributed by atoms with van der Waals surface area (Å²) in [6.07, 6.45) is 2.61. The molecule has 2 rings (SSSR count). The van der Waals surface area contributed by atoms with Gasteiger partial charge in [0.05, 0.1) is 23.5 Å². The van der Waals surface area contributed by atoms with E-state index in [1.54, 1.807) is 0 Å². The van der Waals surface area contributed by atoms with Crippen LogP contribution in [0.5, 0.6) is 0 Å². The third kappa shape index (κ3) is 2.89. The van der Waals surface area contributed by atoms with E-state index < -0.39 is 23.3 Å². The number of nitrogens with one attached hydrogen (secondary N) is 1. The molecule has 2 aromatic rings. The molecule has 0 saturated carbocycles. The highest BCUT2D eigenvalue weighted by Crippen LogP contribution is 2.15. The highest BCUT2D eigenvalue weighted by atomic mass is 19.1. The van der Waals surface area contributed by atoms with Gasteiger partial charge in [0, 0.05) is 5.69 Å². The summed E-state index contributed by atoms with van der Waals surface area (Å²) in [5.41, 5.74) is -0.0672. The van der Waals surface area contributed by atoms with E-state index in [0.29, 0.717) is 0 Å². The third-order valence-electron chi connectivity index (χ3n) is 2.30. The Hall–Kier alpha value is -2.83. The molecule has 1 aromatic heterocycles. The van der Waals surface area contributed by atoms with Crippen LogP contribution >= 0.6 is 0 Å². The van der Waals surface area contributed by atoms with E-state index in [9.17, 15) is 14.0 Å². The summed E-state index contributed by atoms with van der Waals surface area (Å²) in [5.74, 6) is -2.76. The largest absolute Gasteiger partial charge is 0.478 e. The maximum atomic E-state index is 13.2. The van der Waals surface area contributed by atoms with Crippen molar-refractivity contribution >= 4 is 17.6 Å². The van der Waals surface area contributed by atoms with Crippen molar-refractivity contribution in [3.05, 3.63) is 53.6 Å². The number of halogens is 1. The SMILES string of the molecule is O=C(Nc1ccc(F)c(C(=O)O)c1)c1ccnnc1. The van der Waals surface area contributed by atoms with Gasteiger partial charge in [-0.2, -0.15) is 10.2 Å². The highest BCUT2D eigenvalue weighted by Gasteiger charge is 2.12. The summed E-state index contributed by atoms with van der Waals surface area (Å²) in [5, 5.41) is 18.3. The number of benzene rings is 1. The number of carboxylic acid groups (broad SMARTS) is 1. The van der Waals surface area contributed by atoms with Gasteiger partial charge in [0.25, 0.3) is 5.91 Å². The van der Waals surface area contributed by atoms with E-state index in [1.807, 2.05) is 0 Å². The number of carbonyl (C=O) groups excluding carboxylic acids is 1. The number of aromatic nitrogens is 2. The smallest absolute Gasteiger partial charge is 0.338 e. The van der Waals surface area contributed by atoms with Gasteiger partial charge < -0.3 is 10.4 Å². The second kappa shape index (κ2) is 5.21. The fourth-order valence-corrected chi connectivity index (χ4v) is 1.40. The van der Waals surface area contributed by atoms with Crippen molar-refractivity contribution in [3.63, 3.8) is 0 Å². The molecule has 0 radical (unpaired) electrons. The Balaban J connectivity index is 2.23. The van der Waals surface area contributed by atoms with Crippen molar-refractivity contribution in [3.8, 4) is 0 Å². The molecule has 96 valence electrons. The Kier molecular flexibility index (Phi) is 3.46.